The van der Waals surface area contributed by atoms with Crippen molar-refractivity contribution < 1.29 is 0 Å². The largest absolute Gasteiger partial charge is 0.358 e. The van der Waals surface area contributed by atoms with E-state index in [1.54, 1.807) is 0 Å². The van der Waals surface area contributed by atoms with Crippen LogP contribution in [0.3, 0.4) is 0 Å². The van der Waals surface area contributed by atoms with E-state index in [1.807, 2.05) is 18.2 Å². The van der Waals surface area contributed by atoms with Crippen LogP contribution >= 0.6 is 12.2 Å². The Hall–Kier alpha value is -2.41. The van der Waals surface area contributed by atoms with Crippen molar-refractivity contribution in [1.29, 1.82) is 0 Å². The van der Waals surface area contributed by atoms with Crippen LogP contribution in [0.25, 0.3) is 0 Å². The summed E-state index contributed by atoms with van der Waals surface area (Å²) in [5, 5.41) is 7.03. The predicted molar refractivity (Wildman–Crippen MR) is 128 cm³/mol. The molecule has 160 valence electrons. The van der Waals surface area contributed by atoms with E-state index in [2.05, 4.69) is 52.5 Å². The summed E-state index contributed by atoms with van der Waals surface area (Å²) >= 11 is 5.52. The van der Waals surface area contributed by atoms with Crippen molar-refractivity contribution in [3.8, 4) is 0 Å². The zero-order chi connectivity index (χ0) is 20.9. The molecule has 7 heteroatoms. The molecule has 2 aliphatic rings. The molecule has 0 amide bonds. The molecule has 0 spiro atoms. The molecule has 4 rings (SSSR count). The first-order valence-electron chi connectivity index (χ1n) is 11.0. The highest BCUT2D eigenvalue weighted by atomic mass is 32.1. The third-order valence-electron chi connectivity index (χ3n) is 5.84. The Morgan fingerprint density at radius 3 is 2.30 bits per heavy atom. The first kappa shape index (κ1) is 20.8. The Balaban J connectivity index is 1.50. The molecule has 0 aliphatic carbocycles. The van der Waals surface area contributed by atoms with Crippen LogP contribution < -0.4 is 20.4 Å². The quantitative estimate of drug-likeness (QED) is 0.703. The van der Waals surface area contributed by atoms with Crippen molar-refractivity contribution in [3.63, 3.8) is 0 Å². The molecule has 0 unspecified atom stereocenters. The van der Waals surface area contributed by atoms with Crippen LogP contribution in [0, 0.1) is 11.8 Å². The molecule has 1 aromatic heterocycles. The molecule has 2 fully saturated rings. The van der Waals surface area contributed by atoms with E-state index in [-0.39, 0.29) is 0 Å². The maximum atomic E-state index is 5.52. The van der Waals surface area contributed by atoms with Gasteiger partial charge in [0.25, 0.3) is 0 Å². The Bertz CT molecular complexity index is 842. The lowest BCUT2D eigenvalue weighted by molar-refractivity contribution is 0.355. The lowest BCUT2D eigenvalue weighted by atomic mass is 9.92. The van der Waals surface area contributed by atoms with Gasteiger partial charge in [-0.15, -0.1) is 0 Å². The number of nitrogens with one attached hydrogen (secondary N) is 2. The number of hydrogen-bond donors (Lipinski definition) is 2. The third-order valence-corrected chi connectivity index (χ3v) is 6.09. The highest BCUT2D eigenvalue weighted by Crippen LogP contribution is 2.29. The SMILES string of the molecule is C[C@@H]1C[C@H](C)CN(c2cc(N3CCCC3)nc(NC(=S)NCc3ccccc3)n2)C1. The number of thiocarbonyl (C=S) groups is 1. The second-order valence-electron chi connectivity index (χ2n) is 8.75. The number of rotatable bonds is 5. The summed E-state index contributed by atoms with van der Waals surface area (Å²) in [6, 6.07) is 12.4. The molecule has 2 saturated heterocycles. The fraction of sp³-hybridized carbons (Fsp3) is 0.522. The van der Waals surface area contributed by atoms with Gasteiger partial charge in [-0.2, -0.15) is 9.97 Å². The second-order valence-corrected chi connectivity index (χ2v) is 9.15. The molecule has 2 aromatic rings. The number of aromatic nitrogens is 2. The number of hydrogen-bond acceptors (Lipinski definition) is 5. The molecule has 3 heterocycles. The molecule has 0 saturated carbocycles. The van der Waals surface area contributed by atoms with E-state index < -0.39 is 0 Å². The van der Waals surface area contributed by atoms with E-state index in [0.29, 0.717) is 29.4 Å². The Labute approximate surface area is 185 Å². The fourth-order valence-electron chi connectivity index (χ4n) is 4.52. The van der Waals surface area contributed by atoms with Crippen LogP contribution in [0.1, 0.15) is 38.7 Å². The van der Waals surface area contributed by atoms with Crippen molar-refractivity contribution in [2.45, 2.75) is 39.7 Å². The van der Waals surface area contributed by atoms with Crippen molar-refractivity contribution in [2.24, 2.45) is 11.8 Å². The van der Waals surface area contributed by atoms with Crippen LogP contribution in [0.5, 0.6) is 0 Å². The summed E-state index contributed by atoms with van der Waals surface area (Å²) in [4.78, 5) is 14.4. The average Bonchev–Trinajstić information content (AvgIpc) is 3.27. The van der Waals surface area contributed by atoms with E-state index in [4.69, 9.17) is 22.2 Å². The number of benzene rings is 1. The standard InChI is InChI=1S/C23H32N6S/c1-17-12-18(2)16-29(15-17)21-13-20(28-10-6-7-11-28)25-22(26-21)27-23(30)24-14-19-8-4-3-5-9-19/h3-5,8-9,13,17-18H,6-7,10-12,14-16H2,1-2H3,(H2,24,25,26,27,30)/t17-,18+. The van der Waals surface area contributed by atoms with Gasteiger partial charge in [-0.3, -0.25) is 0 Å². The molecule has 0 radical (unpaired) electrons. The van der Waals surface area contributed by atoms with Gasteiger partial charge in [0.2, 0.25) is 5.95 Å². The molecule has 2 atom stereocenters. The minimum atomic E-state index is 0.545. The highest BCUT2D eigenvalue weighted by Gasteiger charge is 2.25. The van der Waals surface area contributed by atoms with Gasteiger partial charge in [-0.25, -0.2) is 0 Å². The Morgan fingerprint density at radius 1 is 1.00 bits per heavy atom. The van der Waals surface area contributed by atoms with Crippen LogP contribution in [0.4, 0.5) is 17.6 Å². The van der Waals surface area contributed by atoms with Gasteiger partial charge in [0, 0.05) is 38.8 Å². The van der Waals surface area contributed by atoms with Gasteiger partial charge in [0.1, 0.15) is 11.6 Å². The van der Waals surface area contributed by atoms with Crippen molar-refractivity contribution in [2.75, 3.05) is 41.3 Å². The fourth-order valence-corrected chi connectivity index (χ4v) is 4.69. The van der Waals surface area contributed by atoms with Gasteiger partial charge < -0.3 is 20.4 Å². The summed E-state index contributed by atoms with van der Waals surface area (Å²) in [7, 11) is 0. The molecule has 2 aliphatic heterocycles. The van der Waals surface area contributed by atoms with E-state index in [1.165, 1.54) is 24.8 Å². The van der Waals surface area contributed by atoms with Crippen LogP contribution in [-0.2, 0) is 6.54 Å². The summed E-state index contributed by atoms with van der Waals surface area (Å²) < 4.78 is 0. The van der Waals surface area contributed by atoms with Gasteiger partial charge in [0.05, 0.1) is 0 Å². The number of piperidine rings is 1. The predicted octanol–water partition coefficient (Wildman–Crippen LogP) is 4.05. The Morgan fingerprint density at radius 2 is 1.63 bits per heavy atom. The minimum Gasteiger partial charge on any atom is -0.358 e. The van der Waals surface area contributed by atoms with Crippen LogP contribution in [-0.4, -0.2) is 41.3 Å². The van der Waals surface area contributed by atoms with Gasteiger partial charge in [-0.05, 0) is 48.9 Å². The lowest BCUT2D eigenvalue weighted by Gasteiger charge is -2.36. The minimum absolute atomic E-state index is 0.545. The van der Waals surface area contributed by atoms with E-state index in [9.17, 15) is 0 Å². The average molecular weight is 425 g/mol. The van der Waals surface area contributed by atoms with Crippen LogP contribution in [0.15, 0.2) is 36.4 Å². The second kappa shape index (κ2) is 9.60. The Kier molecular flexibility index (Phi) is 6.67. The number of anilines is 3. The summed E-state index contributed by atoms with van der Waals surface area (Å²) in [6.07, 6.45) is 3.72. The summed E-state index contributed by atoms with van der Waals surface area (Å²) in [5.41, 5.74) is 1.19. The molecular weight excluding hydrogens is 392 g/mol. The normalized spacial score (nSPS) is 21.5. The topological polar surface area (TPSA) is 56.3 Å². The van der Waals surface area contributed by atoms with Crippen molar-refractivity contribution in [1.82, 2.24) is 15.3 Å². The molecule has 2 N–H and O–H groups in total. The van der Waals surface area contributed by atoms with Crippen molar-refractivity contribution in [3.05, 3.63) is 42.0 Å². The van der Waals surface area contributed by atoms with Gasteiger partial charge in [-0.1, -0.05) is 44.2 Å². The zero-order valence-electron chi connectivity index (χ0n) is 18.0. The summed E-state index contributed by atoms with van der Waals surface area (Å²) in [6.45, 7) is 9.51. The van der Waals surface area contributed by atoms with Gasteiger partial charge in [0.15, 0.2) is 5.11 Å². The smallest absolute Gasteiger partial charge is 0.232 e. The van der Waals surface area contributed by atoms with E-state index >= 15 is 0 Å². The number of nitrogens with zero attached hydrogens (tertiary/aromatic N) is 4. The molecular formula is C23H32N6S. The van der Waals surface area contributed by atoms with Crippen molar-refractivity contribution >= 4 is 34.9 Å². The highest BCUT2D eigenvalue weighted by molar-refractivity contribution is 7.80. The van der Waals surface area contributed by atoms with Crippen LogP contribution in [0.2, 0.25) is 0 Å². The molecule has 6 nitrogen and oxygen atoms in total. The molecule has 30 heavy (non-hydrogen) atoms. The summed E-state index contributed by atoms with van der Waals surface area (Å²) in [5.74, 6) is 3.91. The monoisotopic (exact) mass is 424 g/mol. The zero-order valence-corrected chi connectivity index (χ0v) is 18.8. The third kappa shape index (κ3) is 5.39. The molecule has 0 bridgehead atoms. The maximum Gasteiger partial charge on any atom is 0.232 e. The first-order chi connectivity index (χ1) is 14.6. The maximum absolute atomic E-state index is 5.52. The van der Waals surface area contributed by atoms with E-state index in [0.717, 1.165) is 37.8 Å². The first-order valence-corrected chi connectivity index (χ1v) is 11.5. The lowest BCUT2D eigenvalue weighted by Crippen LogP contribution is -2.39. The van der Waals surface area contributed by atoms with Gasteiger partial charge >= 0.3 is 0 Å². The molecule has 1 aromatic carbocycles.